The van der Waals surface area contributed by atoms with Crippen molar-refractivity contribution < 1.29 is 4.79 Å². The lowest BCUT2D eigenvalue weighted by molar-refractivity contribution is 0.0862. The van der Waals surface area contributed by atoms with Gasteiger partial charge in [0.15, 0.2) is 0 Å². The highest BCUT2D eigenvalue weighted by molar-refractivity contribution is 7.80. The molecule has 0 bridgehead atoms. The number of rotatable bonds is 2. The number of hydrogen-bond donors (Lipinski definition) is 0. The van der Waals surface area contributed by atoms with Gasteiger partial charge in [0.2, 0.25) is 0 Å². The molecule has 0 aromatic heterocycles. The van der Waals surface area contributed by atoms with Crippen LogP contribution >= 0.6 is 12.2 Å². The zero-order valence-electron chi connectivity index (χ0n) is 7.99. The average molecular weight is 205 g/mol. The minimum Gasteiger partial charge on any atom is -0.299 e. The lowest BCUT2D eigenvalue weighted by atomic mass is 10.1. The van der Waals surface area contributed by atoms with E-state index >= 15 is 0 Å². The van der Waals surface area contributed by atoms with Crippen molar-refractivity contribution in [1.29, 1.82) is 0 Å². The van der Waals surface area contributed by atoms with Crippen molar-refractivity contribution in [3.63, 3.8) is 0 Å². The molecular weight excluding hydrogens is 194 g/mol. The summed E-state index contributed by atoms with van der Waals surface area (Å²) >= 11 is 5.24. The van der Waals surface area contributed by atoms with Gasteiger partial charge in [0.05, 0.1) is 5.56 Å². The molecule has 0 unspecified atom stereocenters. The minimum atomic E-state index is 0.0486. The predicted molar refractivity (Wildman–Crippen MR) is 59.5 cm³/mol. The second-order valence-electron chi connectivity index (χ2n) is 3.31. The van der Waals surface area contributed by atoms with Gasteiger partial charge in [0, 0.05) is 12.1 Å². The van der Waals surface area contributed by atoms with Gasteiger partial charge in [-0.1, -0.05) is 37.3 Å². The van der Waals surface area contributed by atoms with Crippen molar-refractivity contribution in [1.82, 2.24) is 4.90 Å². The number of fused-ring (bicyclic) bond motifs is 1. The van der Waals surface area contributed by atoms with Gasteiger partial charge in [-0.2, -0.15) is 0 Å². The van der Waals surface area contributed by atoms with E-state index in [0.717, 1.165) is 17.5 Å². The molecule has 3 heteroatoms. The SMILES string of the molecule is CCCN1C(=O)c2ccccc2C1=S. The molecule has 0 fully saturated rings. The van der Waals surface area contributed by atoms with Gasteiger partial charge in [-0.25, -0.2) is 0 Å². The quantitative estimate of drug-likeness (QED) is 0.690. The van der Waals surface area contributed by atoms with E-state index in [1.807, 2.05) is 31.2 Å². The van der Waals surface area contributed by atoms with Gasteiger partial charge in [0.25, 0.3) is 5.91 Å². The normalized spacial score (nSPS) is 14.8. The van der Waals surface area contributed by atoms with Gasteiger partial charge in [0.1, 0.15) is 4.99 Å². The molecule has 0 N–H and O–H groups in total. The van der Waals surface area contributed by atoms with Crippen LogP contribution in [-0.4, -0.2) is 22.3 Å². The molecule has 0 saturated carbocycles. The first-order valence-corrected chi connectivity index (χ1v) is 5.11. The van der Waals surface area contributed by atoms with Crippen LogP contribution in [-0.2, 0) is 0 Å². The summed E-state index contributed by atoms with van der Waals surface area (Å²) in [4.78, 5) is 14.2. The molecule has 1 amide bonds. The van der Waals surface area contributed by atoms with Crippen molar-refractivity contribution >= 4 is 23.1 Å². The summed E-state index contributed by atoms with van der Waals surface area (Å²) in [7, 11) is 0. The molecule has 0 atom stereocenters. The number of thiocarbonyl (C=S) groups is 1. The van der Waals surface area contributed by atoms with Crippen molar-refractivity contribution in [3.8, 4) is 0 Å². The lowest BCUT2D eigenvalue weighted by Crippen LogP contribution is -2.29. The van der Waals surface area contributed by atoms with Crippen LogP contribution in [0.2, 0.25) is 0 Å². The molecule has 1 aromatic rings. The van der Waals surface area contributed by atoms with E-state index in [4.69, 9.17) is 12.2 Å². The Morgan fingerprint density at radius 2 is 1.93 bits per heavy atom. The van der Waals surface area contributed by atoms with Gasteiger partial charge < -0.3 is 0 Å². The van der Waals surface area contributed by atoms with E-state index in [2.05, 4.69) is 0 Å². The largest absolute Gasteiger partial charge is 0.299 e. The summed E-state index contributed by atoms with van der Waals surface area (Å²) in [6, 6.07) is 7.52. The summed E-state index contributed by atoms with van der Waals surface area (Å²) in [6.45, 7) is 2.76. The summed E-state index contributed by atoms with van der Waals surface area (Å²) in [5.74, 6) is 0.0486. The van der Waals surface area contributed by atoms with E-state index < -0.39 is 0 Å². The number of carbonyl (C=O) groups excluding carboxylic acids is 1. The maximum absolute atomic E-state index is 11.8. The van der Waals surface area contributed by atoms with E-state index in [-0.39, 0.29) is 5.91 Å². The van der Waals surface area contributed by atoms with Gasteiger partial charge >= 0.3 is 0 Å². The number of hydrogen-bond acceptors (Lipinski definition) is 2. The molecule has 2 nitrogen and oxygen atoms in total. The second-order valence-corrected chi connectivity index (χ2v) is 3.69. The summed E-state index contributed by atoms with van der Waals surface area (Å²) < 4.78 is 0. The van der Waals surface area contributed by atoms with Crippen LogP contribution in [0.3, 0.4) is 0 Å². The Hall–Kier alpha value is -1.22. The fourth-order valence-corrected chi connectivity index (χ4v) is 2.02. The second kappa shape index (κ2) is 3.50. The third-order valence-electron chi connectivity index (χ3n) is 2.33. The smallest absolute Gasteiger partial charge is 0.259 e. The first-order valence-electron chi connectivity index (χ1n) is 4.71. The maximum atomic E-state index is 11.8. The lowest BCUT2D eigenvalue weighted by Gasteiger charge is -2.13. The Labute approximate surface area is 88.5 Å². The molecule has 2 rings (SSSR count). The fraction of sp³-hybridized carbons (Fsp3) is 0.273. The molecule has 1 heterocycles. The molecule has 0 spiro atoms. The van der Waals surface area contributed by atoms with Crippen molar-refractivity contribution in [2.24, 2.45) is 0 Å². The molecule has 14 heavy (non-hydrogen) atoms. The number of carbonyl (C=O) groups is 1. The highest BCUT2D eigenvalue weighted by Crippen LogP contribution is 2.23. The standard InChI is InChI=1S/C11H11NOS/c1-2-7-12-10(13)8-5-3-4-6-9(8)11(12)14/h3-6H,2,7H2,1H3. The van der Waals surface area contributed by atoms with Crippen LogP contribution < -0.4 is 0 Å². The third-order valence-corrected chi connectivity index (χ3v) is 2.77. The zero-order valence-corrected chi connectivity index (χ0v) is 8.80. The van der Waals surface area contributed by atoms with Gasteiger partial charge in [-0.05, 0) is 12.5 Å². The summed E-state index contributed by atoms with van der Waals surface area (Å²) in [6.07, 6.45) is 0.930. The Balaban J connectivity index is 2.43. The van der Waals surface area contributed by atoms with Crippen LogP contribution in [0.25, 0.3) is 0 Å². The molecular formula is C11H11NOS. The predicted octanol–water partition coefficient (Wildman–Crippen LogP) is 2.23. The van der Waals surface area contributed by atoms with E-state index in [0.29, 0.717) is 11.5 Å². The van der Waals surface area contributed by atoms with Crippen molar-refractivity contribution in [2.75, 3.05) is 6.54 Å². The first kappa shape index (κ1) is 9.34. The van der Waals surface area contributed by atoms with Gasteiger partial charge in [-0.3, -0.25) is 9.69 Å². The van der Waals surface area contributed by atoms with Crippen LogP contribution in [0.15, 0.2) is 24.3 Å². The number of benzene rings is 1. The first-order chi connectivity index (χ1) is 6.75. The van der Waals surface area contributed by atoms with Gasteiger partial charge in [-0.15, -0.1) is 0 Å². The molecule has 72 valence electrons. The van der Waals surface area contributed by atoms with Crippen molar-refractivity contribution in [2.45, 2.75) is 13.3 Å². The maximum Gasteiger partial charge on any atom is 0.259 e. The monoisotopic (exact) mass is 205 g/mol. The average Bonchev–Trinajstić information content (AvgIpc) is 2.45. The highest BCUT2D eigenvalue weighted by Gasteiger charge is 2.30. The van der Waals surface area contributed by atoms with Crippen LogP contribution in [0, 0.1) is 0 Å². The van der Waals surface area contributed by atoms with E-state index in [9.17, 15) is 4.79 Å². The van der Waals surface area contributed by atoms with Crippen LogP contribution in [0.5, 0.6) is 0 Å². The number of nitrogens with zero attached hydrogens (tertiary/aromatic N) is 1. The van der Waals surface area contributed by atoms with E-state index in [1.54, 1.807) is 4.90 Å². The Bertz CT molecular complexity index is 365. The van der Waals surface area contributed by atoms with Crippen LogP contribution in [0.1, 0.15) is 29.3 Å². The molecule has 0 radical (unpaired) electrons. The fourth-order valence-electron chi connectivity index (χ4n) is 1.67. The Kier molecular flexibility index (Phi) is 2.33. The molecule has 1 aliphatic rings. The summed E-state index contributed by atoms with van der Waals surface area (Å²) in [5, 5.41) is 0. The molecule has 0 aliphatic carbocycles. The van der Waals surface area contributed by atoms with Crippen molar-refractivity contribution in [3.05, 3.63) is 35.4 Å². The summed E-state index contributed by atoms with van der Waals surface area (Å²) in [5.41, 5.74) is 1.65. The third kappa shape index (κ3) is 1.24. The zero-order chi connectivity index (χ0) is 10.1. The highest BCUT2D eigenvalue weighted by atomic mass is 32.1. The number of amides is 1. The Morgan fingerprint density at radius 3 is 2.50 bits per heavy atom. The molecule has 0 saturated heterocycles. The Morgan fingerprint density at radius 1 is 1.29 bits per heavy atom. The molecule has 1 aliphatic heterocycles. The topological polar surface area (TPSA) is 20.3 Å². The molecule has 1 aromatic carbocycles. The van der Waals surface area contributed by atoms with Crippen LogP contribution in [0.4, 0.5) is 0 Å². The minimum absolute atomic E-state index is 0.0486. The van der Waals surface area contributed by atoms with E-state index in [1.165, 1.54) is 0 Å².